The molecule has 7 heteroatoms. The van der Waals surface area contributed by atoms with Gasteiger partial charge in [0.05, 0.1) is 10.5 Å². The maximum absolute atomic E-state index is 12.3. The Morgan fingerprint density at radius 1 is 1.53 bits per heavy atom. The molecule has 6 nitrogen and oxygen atoms in total. The third-order valence-corrected chi connectivity index (χ3v) is 3.34. The standard InChI is InChI=1S/C12H15BrN2O4/c1-2-14(6-3-7-16)12(17)10-8-9(15(18)19)4-5-11(10)13/h4-5,8,16H,2-3,6-7H2,1H3. The molecule has 0 aromatic heterocycles. The number of halogens is 1. The second-order valence-electron chi connectivity index (χ2n) is 3.88. The number of carbonyl (C=O) groups excluding carboxylic acids is 1. The van der Waals surface area contributed by atoms with E-state index >= 15 is 0 Å². The van der Waals surface area contributed by atoms with Gasteiger partial charge in [-0.25, -0.2) is 0 Å². The van der Waals surface area contributed by atoms with Gasteiger partial charge in [-0.05, 0) is 35.3 Å². The molecule has 19 heavy (non-hydrogen) atoms. The number of benzene rings is 1. The molecule has 0 atom stereocenters. The average molecular weight is 331 g/mol. The SMILES string of the molecule is CCN(CCCO)C(=O)c1cc([N+](=O)[O-])ccc1Br. The number of rotatable bonds is 6. The zero-order chi connectivity index (χ0) is 14.4. The number of carbonyl (C=O) groups is 1. The van der Waals surface area contributed by atoms with E-state index in [1.165, 1.54) is 18.2 Å². The maximum Gasteiger partial charge on any atom is 0.270 e. The van der Waals surface area contributed by atoms with Gasteiger partial charge in [0.2, 0.25) is 0 Å². The number of nitro benzene ring substituents is 1. The van der Waals surface area contributed by atoms with Gasteiger partial charge in [0, 0.05) is 36.3 Å². The van der Waals surface area contributed by atoms with Crippen molar-refractivity contribution in [1.82, 2.24) is 4.90 Å². The van der Waals surface area contributed by atoms with Crippen LogP contribution in [0, 0.1) is 10.1 Å². The molecule has 104 valence electrons. The Labute approximate surface area is 119 Å². The van der Waals surface area contributed by atoms with E-state index in [1.54, 1.807) is 4.90 Å². The Morgan fingerprint density at radius 2 is 2.21 bits per heavy atom. The van der Waals surface area contributed by atoms with Crippen LogP contribution in [0.15, 0.2) is 22.7 Å². The number of aliphatic hydroxyl groups is 1. The monoisotopic (exact) mass is 330 g/mol. The van der Waals surface area contributed by atoms with E-state index in [2.05, 4.69) is 15.9 Å². The predicted molar refractivity (Wildman–Crippen MR) is 74.1 cm³/mol. The minimum absolute atomic E-state index is 0.000112. The molecular weight excluding hydrogens is 316 g/mol. The van der Waals surface area contributed by atoms with Gasteiger partial charge in [-0.15, -0.1) is 0 Å². The van der Waals surface area contributed by atoms with Crippen LogP contribution >= 0.6 is 15.9 Å². The topological polar surface area (TPSA) is 83.7 Å². The second-order valence-corrected chi connectivity index (χ2v) is 4.74. The van der Waals surface area contributed by atoms with Crippen LogP contribution < -0.4 is 0 Å². The molecule has 0 bridgehead atoms. The highest BCUT2D eigenvalue weighted by molar-refractivity contribution is 9.10. The highest BCUT2D eigenvalue weighted by Crippen LogP contribution is 2.24. The van der Waals surface area contributed by atoms with E-state index in [0.29, 0.717) is 24.0 Å². The molecule has 1 amide bonds. The summed E-state index contributed by atoms with van der Waals surface area (Å²) in [4.78, 5) is 24.0. The molecule has 0 radical (unpaired) electrons. The van der Waals surface area contributed by atoms with E-state index in [9.17, 15) is 14.9 Å². The van der Waals surface area contributed by atoms with E-state index in [0.717, 1.165) is 0 Å². The van der Waals surface area contributed by atoms with Crippen molar-refractivity contribution in [2.24, 2.45) is 0 Å². The highest BCUT2D eigenvalue weighted by atomic mass is 79.9. The van der Waals surface area contributed by atoms with Gasteiger partial charge in [0.25, 0.3) is 11.6 Å². The van der Waals surface area contributed by atoms with Crippen molar-refractivity contribution >= 4 is 27.5 Å². The fraction of sp³-hybridized carbons (Fsp3) is 0.417. The zero-order valence-electron chi connectivity index (χ0n) is 10.5. The molecule has 0 aliphatic carbocycles. The number of hydrogen-bond acceptors (Lipinski definition) is 4. The van der Waals surface area contributed by atoms with Gasteiger partial charge in [-0.2, -0.15) is 0 Å². The molecule has 0 aliphatic heterocycles. The molecule has 1 aromatic rings. The van der Waals surface area contributed by atoms with E-state index < -0.39 is 4.92 Å². The first-order valence-electron chi connectivity index (χ1n) is 5.85. The molecule has 0 aliphatic rings. The number of nitro groups is 1. The van der Waals surface area contributed by atoms with Crippen molar-refractivity contribution in [3.63, 3.8) is 0 Å². The molecule has 1 aromatic carbocycles. The van der Waals surface area contributed by atoms with Gasteiger partial charge in [-0.3, -0.25) is 14.9 Å². The quantitative estimate of drug-likeness (QED) is 0.640. The predicted octanol–water partition coefficient (Wildman–Crippen LogP) is 2.20. The number of aliphatic hydroxyl groups excluding tert-OH is 1. The molecule has 0 saturated carbocycles. The fourth-order valence-electron chi connectivity index (χ4n) is 1.63. The van der Waals surface area contributed by atoms with Crippen molar-refractivity contribution in [3.8, 4) is 0 Å². The summed E-state index contributed by atoms with van der Waals surface area (Å²) >= 11 is 3.23. The van der Waals surface area contributed by atoms with E-state index in [-0.39, 0.29) is 23.8 Å². The molecule has 1 rings (SSSR count). The van der Waals surface area contributed by atoms with E-state index in [1.807, 2.05) is 6.92 Å². The first-order chi connectivity index (χ1) is 9.01. The number of non-ortho nitro benzene ring substituents is 1. The Kier molecular flexibility index (Phi) is 5.91. The average Bonchev–Trinajstić information content (AvgIpc) is 2.39. The summed E-state index contributed by atoms with van der Waals surface area (Å²) in [5, 5.41) is 19.5. The molecule has 1 N–H and O–H groups in total. The minimum atomic E-state index is -0.534. The summed E-state index contributed by atoms with van der Waals surface area (Å²) in [5.74, 6) is -0.286. The molecular formula is C12H15BrN2O4. The van der Waals surface area contributed by atoms with E-state index in [4.69, 9.17) is 5.11 Å². The second kappa shape index (κ2) is 7.20. The van der Waals surface area contributed by atoms with Gasteiger partial charge in [0.1, 0.15) is 0 Å². The fourth-order valence-corrected chi connectivity index (χ4v) is 2.04. The Morgan fingerprint density at radius 3 is 2.74 bits per heavy atom. The summed E-state index contributed by atoms with van der Waals surface area (Å²) < 4.78 is 0.519. The third-order valence-electron chi connectivity index (χ3n) is 2.65. The summed E-state index contributed by atoms with van der Waals surface area (Å²) in [6, 6.07) is 4.09. The summed E-state index contributed by atoms with van der Waals surface area (Å²) in [5.41, 5.74) is 0.138. The minimum Gasteiger partial charge on any atom is -0.396 e. The van der Waals surface area contributed by atoms with Gasteiger partial charge in [-0.1, -0.05) is 0 Å². The van der Waals surface area contributed by atoms with Crippen LogP contribution in [0.4, 0.5) is 5.69 Å². The summed E-state index contributed by atoms with van der Waals surface area (Å²) in [6.07, 6.45) is 0.478. The van der Waals surface area contributed by atoms with Crippen molar-refractivity contribution in [1.29, 1.82) is 0 Å². The van der Waals surface area contributed by atoms with Crippen LogP contribution in [-0.2, 0) is 0 Å². The highest BCUT2D eigenvalue weighted by Gasteiger charge is 2.19. The largest absolute Gasteiger partial charge is 0.396 e. The Balaban J connectivity index is 3.02. The maximum atomic E-state index is 12.3. The van der Waals surface area contributed by atoms with Crippen LogP contribution in [0.5, 0.6) is 0 Å². The number of amides is 1. The van der Waals surface area contributed by atoms with Crippen molar-refractivity contribution in [3.05, 3.63) is 38.3 Å². The lowest BCUT2D eigenvalue weighted by Gasteiger charge is -2.21. The molecule has 0 saturated heterocycles. The lowest BCUT2D eigenvalue weighted by Crippen LogP contribution is -2.32. The van der Waals surface area contributed by atoms with Gasteiger partial charge < -0.3 is 10.0 Å². The zero-order valence-corrected chi connectivity index (χ0v) is 12.1. The normalized spacial score (nSPS) is 10.3. The molecule has 0 heterocycles. The number of hydrogen-bond donors (Lipinski definition) is 1. The smallest absolute Gasteiger partial charge is 0.270 e. The van der Waals surface area contributed by atoms with Crippen LogP contribution in [0.2, 0.25) is 0 Å². The van der Waals surface area contributed by atoms with Crippen LogP contribution in [0.3, 0.4) is 0 Å². The van der Waals surface area contributed by atoms with Gasteiger partial charge >= 0.3 is 0 Å². The lowest BCUT2D eigenvalue weighted by molar-refractivity contribution is -0.384. The van der Waals surface area contributed by atoms with Crippen molar-refractivity contribution in [2.75, 3.05) is 19.7 Å². The summed E-state index contributed by atoms with van der Waals surface area (Å²) in [7, 11) is 0. The van der Waals surface area contributed by atoms with Gasteiger partial charge in [0.15, 0.2) is 0 Å². The van der Waals surface area contributed by atoms with Crippen LogP contribution in [0.1, 0.15) is 23.7 Å². The molecule has 0 unspecified atom stereocenters. The first kappa shape index (κ1) is 15.6. The first-order valence-corrected chi connectivity index (χ1v) is 6.64. The van der Waals surface area contributed by atoms with Crippen LogP contribution in [0.25, 0.3) is 0 Å². The van der Waals surface area contributed by atoms with Crippen molar-refractivity contribution in [2.45, 2.75) is 13.3 Å². The van der Waals surface area contributed by atoms with Crippen LogP contribution in [-0.4, -0.2) is 40.5 Å². The van der Waals surface area contributed by atoms with Crippen molar-refractivity contribution < 1.29 is 14.8 Å². The third kappa shape index (κ3) is 4.00. The lowest BCUT2D eigenvalue weighted by atomic mass is 10.1. The summed E-state index contributed by atoms with van der Waals surface area (Å²) in [6.45, 7) is 2.72. The number of nitrogens with zero attached hydrogens (tertiary/aromatic N) is 2. The Bertz CT molecular complexity index is 479. The Hall–Kier alpha value is -1.47. The molecule has 0 spiro atoms. The molecule has 0 fully saturated rings.